The van der Waals surface area contributed by atoms with Gasteiger partial charge in [0.1, 0.15) is 5.69 Å². The lowest BCUT2D eigenvalue weighted by molar-refractivity contribution is 0.0683. The van der Waals surface area contributed by atoms with Gasteiger partial charge in [0.15, 0.2) is 5.69 Å². The second-order valence-corrected chi connectivity index (χ2v) is 6.10. The summed E-state index contributed by atoms with van der Waals surface area (Å²) in [6.07, 6.45) is 4.10. The van der Waals surface area contributed by atoms with Crippen molar-refractivity contribution >= 4 is 23.2 Å². The monoisotopic (exact) mass is 318 g/mol. The van der Waals surface area contributed by atoms with Crippen LogP contribution in [0.3, 0.4) is 0 Å². The minimum Gasteiger partial charge on any atom is -0.476 e. The molecule has 2 aromatic rings. The Labute approximate surface area is 130 Å². The smallest absolute Gasteiger partial charge is 0.356 e. The largest absolute Gasteiger partial charge is 0.476 e. The molecule has 1 amide bonds. The molecule has 2 aromatic heterocycles. The van der Waals surface area contributed by atoms with E-state index in [-0.39, 0.29) is 23.3 Å². The van der Waals surface area contributed by atoms with Crippen LogP contribution in [0.1, 0.15) is 50.6 Å². The SMILES string of the molecule is Cc1nc(C2CCCN2C(=O)c2cnc(C(=O)O)cn2)cs1. The molecule has 1 unspecified atom stereocenters. The summed E-state index contributed by atoms with van der Waals surface area (Å²) in [7, 11) is 0. The number of carboxylic acids is 1. The van der Waals surface area contributed by atoms with Crippen LogP contribution in [0.15, 0.2) is 17.8 Å². The topological polar surface area (TPSA) is 96.3 Å². The lowest BCUT2D eigenvalue weighted by atomic mass is 10.1. The van der Waals surface area contributed by atoms with Gasteiger partial charge in [0.2, 0.25) is 0 Å². The van der Waals surface area contributed by atoms with E-state index in [1.54, 1.807) is 16.2 Å². The number of aryl methyl sites for hydroxylation is 1. The molecule has 0 aliphatic carbocycles. The van der Waals surface area contributed by atoms with E-state index in [2.05, 4.69) is 15.0 Å². The van der Waals surface area contributed by atoms with Crippen molar-refractivity contribution in [3.05, 3.63) is 39.9 Å². The summed E-state index contributed by atoms with van der Waals surface area (Å²) < 4.78 is 0. The van der Waals surface area contributed by atoms with Gasteiger partial charge in [-0.2, -0.15) is 0 Å². The number of rotatable bonds is 3. The molecule has 22 heavy (non-hydrogen) atoms. The Bertz CT molecular complexity index is 713. The quantitative estimate of drug-likeness (QED) is 0.928. The van der Waals surface area contributed by atoms with Crippen LogP contribution in [0, 0.1) is 6.92 Å². The zero-order valence-electron chi connectivity index (χ0n) is 11.9. The highest BCUT2D eigenvalue weighted by molar-refractivity contribution is 7.09. The van der Waals surface area contributed by atoms with Gasteiger partial charge in [-0.3, -0.25) is 4.79 Å². The van der Waals surface area contributed by atoms with Crippen molar-refractivity contribution in [2.24, 2.45) is 0 Å². The van der Waals surface area contributed by atoms with Crippen LogP contribution >= 0.6 is 11.3 Å². The average molecular weight is 318 g/mol. The average Bonchev–Trinajstić information content (AvgIpc) is 3.15. The summed E-state index contributed by atoms with van der Waals surface area (Å²) in [6, 6.07) is -0.0431. The van der Waals surface area contributed by atoms with E-state index in [4.69, 9.17) is 5.11 Å². The molecule has 7 nitrogen and oxygen atoms in total. The van der Waals surface area contributed by atoms with E-state index in [9.17, 15) is 9.59 Å². The number of thiazole rings is 1. The molecule has 0 saturated carbocycles. The van der Waals surface area contributed by atoms with Crippen molar-refractivity contribution in [3.63, 3.8) is 0 Å². The Morgan fingerprint density at radius 2 is 2.05 bits per heavy atom. The minimum absolute atomic E-state index is 0.0431. The minimum atomic E-state index is -1.16. The van der Waals surface area contributed by atoms with Gasteiger partial charge >= 0.3 is 5.97 Å². The third-order valence-corrected chi connectivity index (χ3v) is 4.37. The maximum atomic E-state index is 12.6. The van der Waals surface area contributed by atoms with Crippen molar-refractivity contribution in [1.29, 1.82) is 0 Å². The molecule has 1 fully saturated rings. The van der Waals surface area contributed by atoms with Crippen LogP contribution in [-0.2, 0) is 0 Å². The highest BCUT2D eigenvalue weighted by Gasteiger charge is 2.32. The highest BCUT2D eigenvalue weighted by Crippen LogP contribution is 2.33. The second kappa shape index (κ2) is 5.80. The normalized spacial score (nSPS) is 17.7. The van der Waals surface area contributed by atoms with Crippen molar-refractivity contribution in [1.82, 2.24) is 19.9 Å². The number of carbonyl (C=O) groups is 2. The Morgan fingerprint density at radius 3 is 2.64 bits per heavy atom. The van der Waals surface area contributed by atoms with Crippen LogP contribution < -0.4 is 0 Å². The maximum absolute atomic E-state index is 12.6. The van der Waals surface area contributed by atoms with Crippen molar-refractivity contribution in [3.8, 4) is 0 Å². The van der Waals surface area contributed by atoms with E-state index < -0.39 is 5.97 Å². The number of likely N-dealkylation sites (tertiary alicyclic amines) is 1. The van der Waals surface area contributed by atoms with Crippen LogP contribution in [0.2, 0.25) is 0 Å². The van der Waals surface area contributed by atoms with Crippen molar-refractivity contribution < 1.29 is 14.7 Å². The van der Waals surface area contributed by atoms with Gasteiger partial charge in [0, 0.05) is 11.9 Å². The summed E-state index contributed by atoms with van der Waals surface area (Å²) in [5, 5.41) is 11.8. The number of nitrogens with zero attached hydrogens (tertiary/aromatic N) is 4. The van der Waals surface area contributed by atoms with Gasteiger partial charge in [-0.15, -0.1) is 11.3 Å². The number of aromatic carboxylic acids is 1. The number of amides is 1. The highest BCUT2D eigenvalue weighted by atomic mass is 32.1. The zero-order chi connectivity index (χ0) is 15.7. The van der Waals surface area contributed by atoms with Gasteiger partial charge in [-0.05, 0) is 19.8 Å². The van der Waals surface area contributed by atoms with Crippen LogP contribution in [-0.4, -0.2) is 43.4 Å². The third-order valence-electron chi connectivity index (χ3n) is 3.58. The number of carbonyl (C=O) groups excluding carboxylic acids is 1. The van der Waals surface area contributed by atoms with Gasteiger partial charge in [0.05, 0.1) is 29.1 Å². The third kappa shape index (κ3) is 2.69. The molecule has 1 atom stereocenters. The predicted octanol–water partition coefficient (Wildman–Crippen LogP) is 1.92. The number of hydrogen-bond donors (Lipinski definition) is 1. The second-order valence-electron chi connectivity index (χ2n) is 5.04. The lowest BCUT2D eigenvalue weighted by Gasteiger charge is -2.22. The summed E-state index contributed by atoms with van der Waals surface area (Å²) in [5.74, 6) is -1.40. The fourth-order valence-electron chi connectivity index (χ4n) is 2.55. The van der Waals surface area contributed by atoms with Crippen LogP contribution in [0.5, 0.6) is 0 Å². The summed E-state index contributed by atoms with van der Waals surface area (Å²) in [6.45, 7) is 2.58. The van der Waals surface area contributed by atoms with Gasteiger partial charge in [-0.25, -0.2) is 19.7 Å². The van der Waals surface area contributed by atoms with E-state index >= 15 is 0 Å². The van der Waals surface area contributed by atoms with Crippen LogP contribution in [0.25, 0.3) is 0 Å². The predicted molar refractivity (Wildman–Crippen MR) is 78.9 cm³/mol. The van der Waals surface area contributed by atoms with Gasteiger partial charge in [-0.1, -0.05) is 0 Å². The van der Waals surface area contributed by atoms with Crippen LogP contribution in [0.4, 0.5) is 0 Å². The van der Waals surface area contributed by atoms with E-state index in [0.717, 1.165) is 29.7 Å². The molecule has 1 aliphatic heterocycles. The molecule has 0 bridgehead atoms. The summed E-state index contributed by atoms with van der Waals surface area (Å²) in [4.78, 5) is 37.2. The summed E-state index contributed by atoms with van der Waals surface area (Å²) >= 11 is 1.56. The molecule has 114 valence electrons. The van der Waals surface area contributed by atoms with E-state index in [0.29, 0.717) is 6.54 Å². The maximum Gasteiger partial charge on any atom is 0.356 e. The molecule has 3 rings (SSSR count). The Kier molecular flexibility index (Phi) is 3.84. The first-order valence-corrected chi connectivity index (χ1v) is 7.72. The first kappa shape index (κ1) is 14.6. The molecular formula is C14H14N4O3S. The van der Waals surface area contributed by atoms with Crippen molar-refractivity contribution in [2.75, 3.05) is 6.54 Å². The fourth-order valence-corrected chi connectivity index (χ4v) is 3.21. The lowest BCUT2D eigenvalue weighted by Crippen LogP contribution is -2.31. The molecule has 1 N–H and O–H groups in total. The summed E-state index contributed by atoms with van der Waals surface area (Å²) in [5.41, 5.74) is 0.886. The molecular weight excluding hydrogens is 304 g/mol. The first-order chi connectivity index (χ1) is 10.6. The molecule has 3 heterocycles. The molecule has 0 radical (unpaired) electrons. The molecule has 8 heteroatoms. The Morgan fingerprint density at radius 1 is 1.32 bits per heavy atom. The Balaban J connectivity index is 1.82. The number of aromatic nitrogens is 3. The molecule has 0 spiro atoms. The van der Waals surface area contributed by atoms with E-state index in [1.807, 2.05) is 12.3 Å². The Hall–Kier alpha value is -2.35. The molecule has 1 aliphatic rings. The number of carboxylic acid groups (broad SMARTS) is 1. The standard InChI is InChI=1S/C14H14N4O3S/c1-8-17-11(7-22-8)12-3-2-4-18(12)13(19)9-5-16-10(6-15-9)14(20)21/h5-7,12H,2-4H2,1H3,(H,20,21). The zero-order valence-corrected chi connectivity index (χ0v) is 12.7. The molecule has 1 saturated heterocycles. The van der Waals surface area contributed by atoms with Crippen molar-refractivity contribution in [2.45, 2.75) is 25.8 Å². The van der Waals surface area contributed by atoms with Gasteiger partial charge < -0.3 is 10.0 Å². The number of hydrogen-bond acceptors (Lipinski definition) is 6. The first-order valence-electron chi connectivity index (χ1n) is 6.84. The van der Waals surface area contributed by atoms with Gasteiger partial charge in [0.25, 0.3) is 5.91 Å². The fraction of sp³-hybridized carbons (Fsp3) is 0.357. The molecule has 0 aromatic carbocycles. The van der Waals surface area contributed by atoms with E-state index in [1.165, 1.54) is 6.20 Å².